The molecule has 0 fully saturated rings. The van der Waals surface area contributed by atoms with Gasteiger partial charge in [0, 0.05) is 19.4 Å². The number of aromatic nitrogens is 4. The lowest BCUT2D eigenvalue weighted by Gasteiger charge is -2.08. The minimum Gasteiger partial charge on any atom is -0.396 e. The highest BCUT2D eigenvalue weighted by Crippen LogP contribution is 2.23. The van der Waals surface area contributed by atoms with Crippen LogP contribution in [-0.2, 0) is 13.6 Å². The third-order valence-corrected chi connectivity index (χ3v) is 4.75. The molecule has 3 aromatic rings. The summed E-state index contributed by atoms with van der Waals surface area (Å²) in [6, 6.07) is 9.76. The Bertz CT molecular complexity index is 959. The minimum absolute atomic E-state index is 0.102. The Morgan fingerprint density at radius 1 is 1.25 bits per heavy atom. The number of hydrogen-bond acceptors (Lipinski definition) is 5. The number of fused-ring (bicyclic) bond motifs is 1. The van der Waals surface area contributed by atoms with Crippen molar-refractivity contribution >= 4 is 22.9 Å². The molecular formula is C16H18N4O3S. The molecule has 0 atom stereocenters. The van der Waals surface area contributed by atoms with Crippen LogP contribution in [-0.4, -0.2) is 36.6 Å². The van der Waals surface area contributed by atoms with Gasteiger partial charge in [0.1, 0.15) is 0 Å². The average Bonchev–Trinajstić information content (AvgIpc) is 2.93. The lowest BCUT2D eigenvalue weighted by atomic mass is 10.2. The average molecular weight is 346 g/mol. The second-order valence-electron chi connectivity index (χ2n) is 5.38. The summed E-state index contributed by atoms with van der Waals surface area (Å²) in [4.78, 5) is 31.0. The maximum Gasteiger partial charge on any atom is 0.329 e. The molecule has 0 unspecified atom stereocenters. The lowest BCUT2D eigenvalue weighted by Crippen LogP contribution is -2.29. The molecule has 0 spiro atoms. The number of nitrogens with zero attached hydrogens (tertiary/aromatic N) is 3. The van der Waals surface area contributed by atoms with E-state index in [2.05, 4.69) is 9.97 Å². The Hall–Kier alpha value is -2.32. The summed E-state index contributed by atoms with van der Waals surface area (Å²) in [5.41, 5.74) is 0.863. The largest absolute Gasteiger partial charge is 0.396 e. The molecule has 7 nitrogen and oxygen atoms in total. The van der Waals surface area contributed by atoms with Gasteiger partial charge in [-0.2, -0.15) is 0 Å². The molecular weight excluding hydrogens is 328 g/mol. The molecule has 24 heavy (non-hydrogen) atoms. The van der Waals surface area contributed by atoms with E-state index in [9.17, 15) is 9.59 Å². The Kier molecular flexibility index (Phi) is 4.86. The summed E-state index contributed by atoms with van der Waals surface area (Å²) in [6.45, 7) is 0.588. The molecule has 0 aliphatic carbocycles. The molecule has 0 bridgehead atoms. The van der Waals surface area contributed by atoms with E-state index in [1.54, 1.807) is 7.05 Å². The topological polar surface area (TPSA) is 92.9 Å². The first-order chi connectivity index (χ1) is 11.6. The summed E-state index contributed by atoms with van der Waals surface area (Å²) >= 11 is 1.46. The molecule has 0 saturated carbocycles. The second-order valence-corrected chi connectivity index (χ2v) is 6.44. The zero-order valence-electron chi connectivity index (χ0n) is 13.2. The molecule has 0 amide bonds. The molecule has 0 radical (unpaired) electrons. The van der Waals surface area contributed by atoms with E-state index in [1.165, 1.54) is 16.3 Å². The van der Waals surface area contributed by atoms with Crippen molar-refractivity contribution in [1.29, 1.82) is 0 Å². The monoisotopic (exact) mass is 346 g/mol. The quantitative estimate of drug-likeness (QED) is 0.512. The van der Waals surface area contributed by atoms with Gasteiger partial charge in [-0.3, -0.25) is 14.3 Å². The van der Waals surface area contributed by atoms with Gasteiger partial charge in [-0.15, -0.1) is 0 Å². The van der Waals surface area contributed by atoms with Crippen molar-refractivity contribution in [2.24, 2.45) is 7.05 Å². The van der Waals surface area contributed by atoms with Gasteiger partial charge >= 0.3 is 5.69 Å². The van der Waals surface area contributed by atoms with E-state index in [0.717, 1.165) is 5.56 Å². The molecule has 1 aromatic carbocycles. The minimum atomic E-state index is -0.483. The van der Waals surface area contributed by atoms with Crippen LogP contribution in [0.1, 0.15) is 12.0 Å². The number of aliphatic hydroxyl groups is 1. The number of imidazole rings is 1. The van der Waals surface area contributed by atoms with Crippen LogP contribution in [0.5, 0.6) is 0 Å². The van der Waals surface area contributed by atoms with E-state index in [4.69, 9.17) is 5.11 Å². The predicted molar refractivity (Wildman–Crippen MR) is 93.6 cm³/mol. The Morgan fingerprint density at radius 3 is 2.71 bits per heavy atom. The maximum atomic E-state index is 12.3. The fourth-order valence-electron chi connectivity index (χ4n) is 2.47. The van der Waals surface area contributed by atoms with Gasteiger partial charge in [-0.05, 0) is 12.0 Å². The summed E-state index contributed by atoms with van der Waals surface area (Å²) in [6.07, 6.45) is 0.633. The lowest BCUT2D eigenvalue weighted by molar-refractivity contribution is 0.296. The summed E-state index contributed by atoms with van der Waals surface area (Å²) < 4.78 is 3.17. The number of aryl methyl sites for hydroxylation is 1. The van der Waals surface area contributed by atoms with Crippen LogP contribution in [0.4, 0.5) is 0 Å². The molecule has 8 heteroatoms. The molecule has 2 heterocycles. The van der Waals surface area contributed by atoms with Gasteiger partial charge in [0.2, 0.25) is 0 Å². The van der Waals surface area contributed by atoms with Crippen LogP contribution in [0, 0.1) is 0 Å². The maximum absolute atomic E-state index is 12.3. The van der Waals surface area contributed by atoms with Gasteiger partial charge in [-0.1, -0.05) is 42.1 Å². The molecule has 2 N–H and O–H groups in total. The van der Waals surface area contributed by atoms with Gasteiger partial charge in [-0.25, -0.2) is 9.78 Å². The van der Waals surface area contributed by atoms with Gasteiger partial charge < -0.3 is 9.67 Å². The summed E-state index contributed by atoms with van der Waals surface area (Å²) in [5.74, 6) is 0.681. The van der Waals surface area contributed by atoms with Crippen molar-refractivity contribution in [3.05, 3.63) is 56.7 Å². The number of aliphatic hydroxyl groups excluding tert-OH is 1. The normalized spacial score (nSPS) is 11.2. The van der Waals surface area contributed by atoms with Crippen LogP contribution in [0.3, 0.4) is 0 Å². The van der Waals surface area contributed by atoms with Crippen molar-refractivity contribution in [1.82, 2.24) is 19.1 Å². The van der Waals surface area contributed by atoms with E-state index in [-0.39, 0.29) is 6.61 Å². The zero-order chi connectivity index (χ0) is 17.1. The van der Waals surface area contributed by atoms with E-state index < -0.39 is 11.2 Å². The number of hydrogen-bond donors (Lipinski definition) is 2. The highest BCUT2D eigenvalue weighted by Gasteiger charge is 2.17. The second kappa shape index (κ2) is 7.06. The number of nitrogens with one attached hydrogen (secondary N) is 1. The first kappa shape index (κ1) is 16.5. The van der Waals surface area contributed by atoms with E-state index in [0.29, 0.717) is 35.0 Å². The highest BCUT2D eigenvalue weighted by atomic mass is 32.2. The smallest absolute Gasteiger partial charge is 0.329 e. The first-order valence-electron chi connectivity index (χ1n) is 7.59. The summed E-state index contributed by atoms with van der Waals surface area (Å²) in [5, 5.41) is 9.63. The fraction of sp³-hybridized carbons (Fsp3) is 0.312. The standard InChI is InChI=1S/C16H18N4O3S/c1-19-13-12(14(22)18-15(19)23)20(10-11-6-3-2-4-7-11)16(17-13)24-9-5-8-21/h2-4,6-7,21H,5,8-10H2,1H3,(H,18,22,23). The number of H-pyrrole nitrogens is 1. The van der Waals surface area contributed by atoms with Crippen molar-refractivity contribution in [2.45, 2.75) is 18.1 Å². The van der Waals surface area contributed by atoms with Crippen molar-refractivity contribution in [2.75, 3.05) is 12.4 Å². The van der Waals surface area contributed by atoms with Crippen LogP contribution in [0.25, 0.3) is 11.2 Å². The van der Waals surface area contributed by atoms with Gasteiger partial charge in [0.05, 0.1) is 6.54 Å². The van der Waals surface area contributed by atoms with Crippen molar-refractivity contribution < 1.29 is 5.11 Å². The number of thioether (sulfide) groups is 1. The molecule has 3 rings (SSSR count). The zero-order valence-corrected chi connectivity index (χ0v) is 14.0. The SMILES string of the molecule is Cn1c(=O)[nH]c(=O)c2c1nc(SCCCO)n2Cc1ccccc1. The van der Waals surface area contributed by atoms with E-state index >= 15 is 0 Å². The fourth-order valence-corrected chi connectivity index (χ4v) is 3.38. The molecule has 0 aliphatic rings. The predicted octanol–water partition coefficient (Wildman–Crippen LogP) is 0.946. The van der Waals surface area contributed by atoms with Crippen LogP contribution < -0.4 is 11.2 Å². The van der Waals surface area contributed by atoms with Crippen molar-refractivity contribution in [3.63, 3.8) is 0 Å². The number of benzene rings is 1. The molecule has 0 saturated heterocycles. The van der Waals surface area contributed by atoms with Gasteiger partial charge in [0.15, 0.2) is 16.3 Å². The first-order valence-corrected chi connectivity index (χ1v) is 8.57. The van der Waals surface area contributed by atoms with Crippen LogP contribution >= 0.6 is 11.8 Å². The molecule has 2 aromatic heterocycles. The number of rotatable bonds is 6. The third-order valence-electron chi connectivity index (χ3n) is 3.69. The van der Waals surface area contributed by atoms with Crippen molar-refractivity contribution in [3.8, 4) is 0 Å². The Labute approximate surface area is 142 Å². The molecule has 0 aliphatic heterocycles. The Balaban J connectivity index is 2.15. The highest BCUT2D eigenvalue weighted by molar-refractivity contribution is 7.99. The van der Waals surface area contributed by atoms with Gasteiger partial charge in [0.25, 0.3) is 5.56 Å². The van der Waals surface area contributed by atoms with Crippen LogP contribution in [0.2, 0.25) is 0 Å². The third kappa shape index (κ3) is 3.15. The summed E-state index contributed by atoms with van der Waals surface area (Å²) in [7, 11) is 1.59. The number of aromatic amines is 1. The Morgan fingerprint density at radius 2 is 2.00 bits per heavy atom. The molecule has 126 valence electrons. The van der Waals surface area contributed by atoms with E-state index in [1.807, 2.05) is 34.9 Å². The van der Waals surface area contributed by atoms with Crippen LogP contribution in [0.15, 0.2) is 45.1 Å².